The Morgan fingerprint density at radius 3 is 2.22 bits per heavy atom. The third kappa shape index (κ3) is 3.32. The van der Waals surface area contributed by atoms with E-state index in [0.717, 1.165) is 17.8 Å². The zero-order chi connectivity index (χ0) is 14.1. The minimum Gasteiger partial charge on any atom is -0.397 e. The third-order valence-corrected chi connectivity index (χ3v) is 4.49. The fraction of sp³-hybridized carbons (Fsp3) is 0.600. The second kappa shape index (κ2) is 5.00. The van der Waals surface area contributed by atoms with Gasteiger partial charge in [-0.2, -0.15) is 0 Å². The summed E-state index contributed by atoms with van der Waals surface area (Å²) in [6, 6.07) is 3.82. The third-order valence-electron chi connectivity index (χ3n) is 4.08. The highest BCUT2D eigenvalue weighted by Crippen LogP contribution is 2.38. The minimum absolute atomic E-state index is 0.174. The molecular formula is C15H25ClN2. The summed E-state index contributed by atoms with van der Waals surface area (Å²) in [7, 11) is 0. The molecule has 3 N–H and O–H groups in total. The topological polar surface area (TPSA) is 38.0 Å². The first-order chi connectivity index (χ1) is 8.04. The molecule has 0 aliphatic heterocycles. The Bertz CT molecular complexity index is 431. The average molecular weight is 269 g/mol. The number of aryl methyl sites for hydroxylation is 1. The van der Waals surface area contributed by atoms with Crippen LogP contribution in [0.4, 0.5) is 11.4 Å². The molecule has 0 radical (unpaired) electrons. The monoisotopic (exact) mass is 268 g/mol. The highest BCUT2D eigenvalue weighted by molar-refractivity contribution is 6.31. The van der Waals surface area contributed by atoms with E-state index in [2.05, 4.69) is 39.9 Å². The first kappa shape index (κ1) is 15.2. The van der Waals surface area contributed by atoms with Crippen LogP contribution in [0.1, 0.15) is 40.2 Å². The van der Waals surface area contributed by atoms with Crippen LogP contribution >= 0.6 is 11.6 Å². The van der Waals surface area contributed by atoms with Crippen LogP contribution in [0.2, 0.25) is 5.02 Å². The van der Waals surface area contributed by atoms with E-state index in [9.17, 15) is 0 Å². The van der Waals surface area contributed by atoms with Gasteiger partial charge in [-0.05, 0) is 35.4 Å². The molecule has 3 heteroatoms. The lowest BCUT2D eigenvalue weighted by Gasteiger charge is -2.39. The van der Waals surface area contributed by atoms with Crippen molar-refractivity contribution in [2.75, 3.05) is 17.6 Å². The SMILES string of the molecule is Cc1cc(NCC(C)(C)C(C)(C)C)c(N)cc1Cl. The predicted molar refractivity (Wildman–Crippen MR) is 82.3 cm³/mol. The summed E-state index contributed by atoms with van der Waals surface area (Å²) in [6.07, 6.45) is 0. The number of anilines is 2. The van der Waals surface area contributed by atoms with E-state index in [1.165, 1.54) is 0 Å². The highest BCUT2D eigenvalue weighted by Gasteiger charge is 2.32. The molecule has 0 heterocycles. The van der Waals surface area contributed by atoms with Crippen LogP contribution in [-0.2, 0) is 0 Å². The summed E-state index contributed by atoms with van der Waals surface area (Å²) < 4.78 is 0. The van der Waals surface area contributed by atoms with E-state index in [1.807, 2.05) is 19.1 Å². The Morgan fingerprint density at radius 1 is 1.17 bits per heavy atom. The summed E-state index contributed by atoms with van der Waals surface area (Å²) in [4.78, 5) is 0. The number of hydrogen-bond acceptors (Lipinski definition) is 2. The summed E-state index contributed by atoms with van der Waals surface area (Å²) in [5, 5.41) is 4.16. The van der Waals surface area contributed by atoms with Crippen molar-refractivity contribution < 1.29 is 0 Å². The van der Waals surface area contributed by atoms with Crippen molar-refractivity contribution >= 4 is 23.0 Å². The van der Waals surface area contributed by atoms with Gasteiger partial charge in [0.05, 0.1) is 11.4 Å². The lowest BCUT2D eigenvalue weighted by molar-refractivity contribution is 0.148. The summed E-state index contributed by atoms with van der Waals surface area (Å²) in [6.45, 7) is 14.2. The molecule has 0 fully saturated rings. The van der Waals surface area contributed by atoms with Crippen LogP contribution < -0.4 is 11.1 Å². The number of nitrogens with two attached hydrogens (primary N) is 1. The summed E-state index contributed by atoms with van der Waals surface area (Å²) in [5.41, 5.74) is 9.10. The molecule has 0 saturated heterocycles. The number of benzene rings is 1. The van der Waals surface area contributed by atoms with Gasteiger partial charge in [0.1, 0.15) is 0 Å². The van der Waals surface area contributed by atoms with Gasteiger partial charge in [0.2, 0.25) is 0 Å². The minimum atomic E-state index is 0.174. The molecule has 1 rings (SSSR count). The molecular weight excluding hydrogens is 244 g/mol. The fourth-order valence-electron chi connectivity index (χ4n) is 1.43. The van der Waals surface area contributed by atoms with Crippen molar-refractivity contribution in [2.45, 2.75) is 41.5 Å². The van der Waals surface area contributed by atoms with Gasteiger partial charge in [0.15, 0.2) is 0 Å². The van der Waals surface area contributed by atoms with E-state index in [4.69, 9.17) is 17.3 Å². The van der Waals surface area contributed by atoms with Gasteiger partial charge in [-0.15, -0.1) is 0 Å². The van der Waals surface area contributed by atoms with Gasteiger partial charge in [-0.3, -0.25) is 0 Å². The van der Waals surface area contributed by atoms with E-state index < -0.39 is 0 Å². The van der Waals surface area contributed by atoms with Crippen molar-refractivity contribution in [3.05, 3.63) is 22.7 Å². The molecule has 0 amide bonds. The molecule has 102 valence electrons. The van der Waals surface area contributed by atoms with Crippen LogP contribution in [0.5, 0.6) is 0 Å². The van der Waals surface area contributed by atoms with E-state index in [1.54, 1.807) is 0 Å². The number of nitrogens with one attached hydrogen (secondary N) is 1. The number of nitrogen functional groups attached to an aromatic ring is 1. The van der Waals surface area contributed by atoms with Gasteiger partial charge in [-0.1, -0.05) is 46.2 Å². The van der Waals surface area contributed by atoms with Gasteiger partial charge in [-0.25, -0.2) is 0 Å². The molecule has 0 atom stereocenters. The number of hydrogen-bond donors (Lipinski definition) is 2. The van der Waals surface area contributed by atoms with Crippen LogP contribution in [0.15, 0.2) is 12.1 Å². The zero-order valence-electron chi connectivity index (χ0n) is 12.3. The Kier molecular flexibility index (Phi) is 4.22. The fourth-order valence-corrected chi connectivity index (χ4v) is 1.60. The lowest BCUT2D eigenvalue weighted by Crippen LogP contribution is -2.36. The Morgan fingerprint density at radius 2 is 1.72 bits per heavy atom. The molecule has 1 aromatic rings. The molecule has 0 saturated carbocycles. The standard InChI is InChI=1S/C15H25ClN2/c1-10-7-13(12(17)8-11(10)16)18-9-15(5,6)14(2,3)4/h7-8,18H,9,17H2,1-6H3. The average Bonchev–Trinajstić information content (AvgIpc) is 2.20. The first-order valence-electron chi connectivity index (χ1n) is 6.34. The lowest BCUT2D eigenvalue weighted by atomic mass is 9.69. The molecule has 0 aromatic heterocycles. The van der Waals surface area contributed by atoms with Crippen LogP contribution in [0.25, 0.3) is 0 Å². The molecule has 1 aromatic carbocycles. The number of rotatable bonds is 3. The van der Waals surface area contributed by atoms with Gasteiger partial charge >= 0.3 is 0 Å². The maximum absolute atomic E-state index is 6.04. The maximum atomic E-state index is 6.04. The normalized spacial score (nSPS) is 12.6. The Labute approximate surface area is 116 Å². The second-order valence-electron chi connectivity index (χ2n) is 6.68. The van der Waals surface area contributed by atoms with Crippen molar-refractivity contribution in [3.63, 3.8) is 0 Å². The Hall–Kier alpha value is -0.890. The van der Waals surface area contributed by atoms with Gasteiger partial charge < -0.3 is 11.1 Å². The van der Waals surface area contributed by atoms with Crippen molar-refractivity contribution in [3.8, 4) is 0 Å². The van der Waals surface area contributed by atoms with Gasteiger partial charge in [0, 0.05) is 11.6 Å². The van der Waals surface area contributed by atoms with Crippen molar-refractivity contribution in [1.82, 2.24) is 0 Å². The number of halogens is 1. The molecule has 0 unspecified atom stereocenters. The summed E-state index contributed by atoms with van der Waals surface area (Å²) >= 11 is 6.04. The van der Waals surface area contributed by atoms with Crippen LogP contribution in [0.3, 0.4) is 0 Å². The smallest absolute Gasteiger partial charge is 0.0577 e. The highest BCUT2D eigenvalue weighted by atomic mass is 35.5. The molecule has 0 spiro atoms. The maximum Gasteiger partial charge on any atom is 0.0577 e. The molecule has 2 nitrogen and oxygen atoms in total. The van der Waals surface area contributed by atoms with Crippen molar-refractivity contribution in [2.24, 2.45) is 10.8 Å². The second-order valence-corrected chi connectivity index (χ2v) is 7.08. The molecule has 0 aliphatic carbocycles. The Balaban J connectivity index is 2.85. The van der Waals surface area contributed by atoms with Crippen LogP contribution in [0, 0.1) is 17.8 Å². The van der Waals surface area contributed by atoms with E-state index in [0.29, 0.717) is 10.7 Å². The summed E-state index contributed by atoms with van der Waals surface area (Å²) in [5.74, 6) is 0. The van der Waals surface area contributed by atoms with E-state index in [-0.39, 0.29) is 10.8 Å². The van der Waals surface area contributed by atoms with Crippen molar-refractivity contribution in [1.29, 1.82) is 0 Å². The van der Waals surface area contributed by atoms with Crippen LogP contribution in [-0.4, -0.2) is 6.54 Å². The quantitative estimate of drug-likeness (QED) is 0.779. The van der Waals surface area contributed by atoms with E-state index >= 15 is 0 Å². The molecule has 0 bridgehead atoms. The largest absolute Gasteiger partial charge is 0.397 e. The first-order valence-corrected chi connectivity index (χ1v) is 6.72. The molecule has 0 aliphatic rings. The predicted octanol–water partition coefficient (Wildman–Crippen LogP) is 4.71. The van der Waals surface area contributed by atoms with Gasteiger partial charge in [0.25, 0.3) is 0 Å². The zero-order valence-corrected chi connectivity index (χ0v) is 13.1. The molecule has 18 heavy (non-hydrogen) atoms.